The number of hydrogen-bond donors (Lipinski definition) is 0. The minimum atomic E-state index is -0.988. The number of benzene rings is 1. The van der Waals surface area contributed by atoms with Crippen molar-refractivity contribution >= 4 is 33.3 Å². The van der Waals surface area contributed by atoms with Gasteiger partial charge in [-0.05, 0) is 19.4 Å². The summed E-state index contributed by atoms with van der Waals surface area (Å²) < 4.78 is -0.988. The maximum absolute atomic E-state index is 12.1. The monoisotopic (exact) mass is 337 g/mol. The van der Waals surface area contributed by atoms with E-state index in [-0.39, 0.29) is 5.91 Å². The van der Waals surface area contributed by atoms with Gasteiger partial charge >= 0.3 is 0 Å². The van der Waals surface area contributed by atoms with Crippen LogP contribution >= 0.6 is 15.9 Å². The van der Waals surface area contributed by atoms with E-state index in [0.29, 0.717) is 18.0 Å². The number of amides is 1. The van der Waals surface area contributed by atoms with Crippen LogP contribution in [0.15, 0.2) is 40.6 Å². The van der Waals surface area contributed by atoms with E-state index in [9.17, 15) is 4.79 Å². The highest BCUT2D eigenvalue weighted by Gasteiger charge is 2.49. The quantitative estimate of drug-likeness (QED) is 0.481. The largest absolute Gasteiger partial charge is 0.391 e. The highest BCUT2D eigenvalue weighted by molar-refractivity contribution is 9.11. The fourth-order valence-corrected chi connectivity index (χ4v) is 2.38. The average Bonchev–Trinajstić information content (AvgIpc) is 2.64. The third kappa shape index (κ3) is 2.60. The van der Waals surface area contributed by atoms with Gasteiger partial charge in [-0.2, -0.15) is 5.10 Å². The molecule has 1 atom stereocenters. The lowest BCUT2D eigenvalue weighted by Gasteiger charge is -2.19. The molecular formula is C14H16BrN3O2. The fraction of sp³-hybridized carbons (Fsp3) is 0.357. The number of rotatable bonds is 4. The van der Waals surface area contributed by atoms with E-state index in [2.05, 4.69) is 26.2 Å². The molecule has 2 rings (SSSR count). The Kier molecular flexibility index (Phi) is 4.23. The zero-order valence-electron chi connectivity index (χ0n) is 11.6. The van der Waals surface area contributed by atoms with Crippen LogP contribution in [0.2, 0.25) is 0 Å². The van der Waals surface area contributed by atoms with Crippen molar-refractivity contribution in [1.82, 2.24) is 5.01 Å². The van der Waals surface area contributed by atoms with Crippen LogP contribution in [0, 0.1) is 0 Å². The number of oxime groups is 1. The molecule has 0 aromatic heterocycles. The van der Waals surface area contributed by atoms with Gasteiger partial charge in [0.15, 0.2) is 4.32 Å². The Labute approximate surface area is 126 Å². The molecule has 1 aliphatic heterocycles. The van der Waals surface area contributed by atoms with Gasteiger partial charge in [0.2, 0.25) is 0 Å². The Morgan fingerprint density at radius 3 is 2.65 bits per heavy atom. The molecule has 0 aliphatic carbocycles. The minimum absolute atomic E-state index is 0.167. The van der Waals surface area contributed by atoms with Gasteiger partial charge in [0.1, 0.15) is 6.61 Å². The molecule has 0 saturated carbocycles. The lowest BCUT2D eigenvalue weighted by atomic mass is 9.99. The Balaban J connectivity index is 2.07. The van der Waals surface area contributed by atoms with Gasteiger partial charge in [0, 0.05) is 7.05 Å². The van der Waals surface area contributed by atoms with Crippen molar-refractivity contribution in [2.24, 2.45) is 10.3 Å². The lowest BCUT2D eigenvalue weighted by Crippen LogP contribution is -2.45. The summed E-state index contributed by atoms with van der Waals surface area (Å²) in [5, 5.41) is 9.48. The topological polar surface area (TPSA) is 54.3 Å². The first-order chi connectivity index (χ1) is 9.46. The number of carbonyl (C=O) groups excluding carboxylic acids is 1. The maximum Gasteiger partial charge on any atom is 0.271 e. The molecule has 1 amide bonds. The van der Waals surface area contributed by atoms with E-state index in [1.165, 1.54) is 5.01 Å². The summed E-state index contributed by atoms with van der Waals surface area (Å²) in [6.45, 7) is 3.89. The highest BCUT2D eigenvalue weighted by Crippen LogP contribution is 2.30. The van der Waals surface area contributed by atoms with Gasteiger partial charge in [-0.15, -0.1) is 0 Å². The van der Waals surface area contributed by atoms with Crippen LogP contribution in [0.4, 0.5) is 0 Å². The molecule has 0 spiro atoms. The Morgan fingerprint density at radius 1 is 1.45 bits per heavy atom. The molecular weight excluding hydrogens is 322 g/mol. The molecule has 0 N–H and O–H groups in total. The molecule has 0 bridgehead atoms. The molecule has 1 aliphatic rings. The maximum atomic E-state index is 12.1. The number of halogens is 1. The number of alkyl halides is 1. The standard InChI is InChI=1S/C14H16BrN3O2/c1-10-14(15,13(19)18(3)16-10)11(2)17-20-9-12-7-5-4-6-8-12/h4-8H,9H2,1-3H3. The van der Waals surface area contributed by atoms with Crippen molar-refractivity contribution in [2.75, 3.05) is 7.05 Å². The summed E-state index contributed by atoms with van der Waals surface area (Å²) in [5.41, 5.74) is 2.20. The predicted octanol–water partition coefficient (Wildman–Crippen LogP) is 2.56. The van der Waals surface area contributed by atoms with E-state index in [0.717, 1.165) is 5.56 Å². The molecule has 5 nitrogen and oxygen atoms in total. The van der Waals surface area contributed by atoms with Crippen molar-refractivity contribution in [1.29, 1.82) is 0 Å². The van der Waals surface area contributed by atoms with Crippen molar-refractivity contribution in [3.05, 3.63) is 35.9 Å². The van der Waals surface area contributed by atoms with Gasteiger partial charge < -0.3 is 4.84 Å². The number of nitrogens with zero attached hydrogens (tertiary/aromatic N) is 3. The summed E-state index contributed by atoms with van der Waals surface area (Å²) in [4.78, 5) is 17.5. The molecule has 1 aromatic carbocycles. The van der Waals surface area contributed by atoms with Gasteiger partial charge in [0.25, 0.3) is 5.91 Å². The summed E-state index contributed by atoms with van der Waals surface area (Å²) in [6, 6.07) is 9.73. The van der Waals surface area contributed by atoms with Gasteiger partial charge in [-0.25, -0.2) is 5.01 Å². The summed E-state index contributed by atoms with van der Waals surface area (Å²) in [7, 11) is 1.62. The number of carbonyl (C=O) groups is 1. The van der Waals surface area contributed by atoms with Crippen LogP contribution in [-0.4, -0.2) is 33.7 Å². The molecule has 1 heterocycles. The summed E-state index contributed by atoms with van der Waals surface area (Å²) >= 11 is 3.44. The number of hydrazone groups is 1. The van der Waals surface area contributed by atoms with Crippen LogP contribution < -0.4 is 0 Å². The van der Waals surface area contributed by atoms with Crippen LogP contribution in [0.25, 0.3) is 0 Å². The molecule has 20 heavy (non-hydrogen) atoms. The van der Waals surface area contributed by atoms with Crippen molar-refractivity contribution in [2.45, 2.75) is 24.8 Å². The normalized spacial score (nSPS) is 23.0. The van der Waals surface area contributed by atoms with Crippen molar-refractivity contribution in [3.63, 3.8) is 0 Å². The summed E-state index contributed by atoms with van der Waals surface area (Å²) in [6.07, 6.45) is 0. The first-order valence-electron chi connectivity index (χ1n) is 6.20. The molecule has 0 radical (unpaired) electrons. The Morgan fingerprint density at radius 2 is 2.10 bits per heavy atom. The lowest BCUT2D eigenvalue weighted by molar-refractivity contribution is -0.127. The third-order valence-electron chi connectivity index (χ3n) is 3.16. The molecule has 106 valence electrons. The third-order valence-corrected chi connectivity index (χ3v) is 4.65. The zero-order valence-corrected chi connectivity index (χ0v) is 13.2. The van der Waals surface area contributed by atoms with Crippen LogP contribution in [0.5, 0.6) is 0 Å². The smallest absolute Gasteiger partial charge is 0.271 e. The minimum Gasteiger partial charge on any atom is -0.391 e. The summed E-state index contributed by atoms with van der Waals surface area (Å²) in [5.74, 6) is -0.167. The van der Waals surface area contributed by atoms with E-state index in [1.54, 1.807) is 20.9 Å². The Hall–Kier alpha value is -1.69. The van der Waals surface area contributed by atoms with Crippen molar-refractivity contribution in [3.8, 4) is 0 Å². The van der Waals surface area contributed by atoms with Crippen LogP contribution in [0.3, 0.4) is 0 Å². The Bertz CT molecular complexity index is 571. The van der Waals surface area contributed by atoms with Crippen LogP contribution in [-0.2, 0) is 16.2 Å². The SMILES string of the molecule is CC(=NOCc1ccccc1)C1(Br)C(=O)N(C)N=C1C. The van der Waals surface area contributed by atoms with Crippen molar-refractivity contribution < 1.29 is 9.63 Å². The molecule has 1 unspecified atom stereocenters. The highest BCUT2D eigenvalue weighted by atomic mass is 79.9. The molecule has 1 aromatic rings. The first-order valence-corrected chi connectivity index (χ1v) is 6.99. The van der Waals surface area contributed by atoms with E-state index >= 15 is 0 Å². The second-order valence-corrected chi connectivity index (χ2v) is 5.80. The fourth-order valence-electron chi connectivity index (χ4n) is 1.97. The second kappa shape index (κ2) is 5.75. The molecule has 6 heteroatoms. The average molecular weight is 338 g/mol. The van der Waals surface area contributed by atoms with Gasteiger partial charge in [-0.1, -0.05) is 51.4 Å². The zero-order chi connectivity index (χ0) is 14.8. The number of hydrogen-bond acceptors (Lipinski definition) is 4. The first kappa shape index (κ1) is 14.7. The van der Waals surface area contributed by atoms with E-state index < -0.39 is 4.32 Å². The van der Waals surface area contributed by atoms with E-state index in [4.69, 9.17) is 4.84 Å². The van der Waals surface area contributed by atoms with E-state index in [1.807, 2.05) is 30.3 Å². The second-order valence-electron chi connectivity index (χ2n) is 4.61. The van der Waals surface area contributed by atoms with Gasteiger partial charge in [0.05, 0.1) is 11.4 Å². The molecule has 0 fully saturated rings. The predicted molar refractivity (Wildman–Crippen MR) is 81.9 cm³/mol. The van der Waals surface area contributed by atoms with Gasteiger partial charge in [-0.3, -0.25) is 4.79 Å². The van der Waals surface area contributed by atoms with Crippen LogP contribution in [0.1, 0.15) is 19.4 Å². The molecule has 0 saturated heterocycles.